The Morgan fingerprint density at radius 1 is 1.17 bits per heavy atom. The summed E-state index contributed by atoms with van der Waals surface area (Å²) in [6.07, 6.45) is 1.62. The van der Waals surface area contributed by atoms with E-state index in [1.165, 1.54) is 14.2 Å². The van der Waals surface area contributed by atoms with E-state index < -0.39 is 0 Å². The molecule has 0 amide bonds. The molecule has 0 aliphatic rings. The first kappa shape index (κ1) is 12.0. The van der Waals surface area contributed by atoms with E-state index in [-0.39, 0.29) is 12.0 Å². The Morgan fingerprint density at radius 2 is 1.83 bits per heavy atom. The molecule has 0 fully saturated rings. The number of nitrogens with zero attached hydrogens (tertiary/aromatic N) is 6. The van der Waals surface area contributed by atoms with Crippen molar-refractivity contribution >= 4 is 5.95 Å². The van der Waals surface area contributed by atoms with Crippen LogP contribution in [0.4, 0.5) is 5.95 Å². The minimum absolute atomic E-state index is 0.183. The summed E-state index contributed by atoms with van der Waals surface area (Å²) in [5, 5.41) is 10.7. The highest BCUT2D eigenvalue weighted by atomic mass is 16.5. The van der Waals surface area contributed by atoms with E-state index in [2.05, 4.69) is 30.5 Å². The van der Waals surface area contributed by atoms with Crippen LogP contribution in [0.15, 0.2) is 6.33 Å². The lowest BCUT2D eigenvalue weighted by Crippen LogP contribution is -2.10. The quantitative estimate of drug-likeness (QED) is 0.768. The van der Waals surface area contributed by atoms with Crippen molar-refractivity contribution in [2.75, 3.05) is 19.5 Å². The number of hydrogen-bond donors (Lipinski definition) is 1. The average Bonchev–Trinajstić information content (AvgIpc) is 2.81. The SMILES string of the molecule is COc1nc(NCc2nncn2C)nc(OC)n1. The molecule has 2 rings (SSSR count). The highest BCUT2D eigenvalue weighted by Gasteiger charge is 2.08. The molecule has 0 bridgehead atoms. The Hall–Kier alpha value is -2.45. The monoisotopic (exact) mass is 251 g/mol. The van der Waals surface area contributed by atoms with E-state index in [9.17, 15) is 0 Å². The average molecular weight is 251 g/mol. The number of hydrogen-bond acceptors (Lipinski definition) is 8. The molecule has 0 atom stereocenters. The van der Waals surface area contributed by atoms with Crippen molar-refractivity contribution in [3.8, 4) is 12.0 Å². The van der Waals surface area contributed by atoms with Crippen LogP contribution in [0.25, 0.3) is 0 Å². The zero-order chi connectivity index (χ0) is 13.0. The Balaban J connectivity index is 2.11. The molecule has 0 aliphatic carbocycles. The van der Waals surface area contributed by atoms with E-state index >= 15 is 0 Å². The third kappa shape index (κ3) is 2.62. The fourth-order valence-electron chi connectivity index (χ4n) is 1.22. The maximum Gasteiger partial charge on any atom is 0.324 e. The van der Waals surface area contributed by atoms with Crippen molar-refractivity contribution in [3.63, 3.8) is 0 Å². The molecule has 1 N–H and O–H groups in total. The zero-order valence-corrected chi connectivity index (χ0v) is 10.3. The summed E-state index contributed by atoms with van der Waals surface area (Å²) < 4.78 is 11.7. The predicted octanol–water partition coefficient (Wildman–Crippen LogP) is -0.371. The van der Waals surface area contributed by atoms with Gasteiger partial charge in [-0.05, 0) is 0 Å². The van der Waals surface area contributed by atoms with E-state index in [0.717, 1.165) is 5.82 Å². The number of nitrogens with one attached hydrogen (secondary N) is 1. The second-order valence-electron chi connectivity index (χ2n) is 3.34. The maximum atomic E-state index is 4.94. The summed E-state index contributed by atoms with van der Waals surface area (Å²) >= 11 is 0. The van der Waals surface area contributed by atoms with Crippen molar-refractivity contribution in [1.29, 1.82) is 0 Å². The number of ether oxygens (including phenoxy) is 2. The van der Waals surface area contributed by atoms with Crippen LogP contribution in [-0.4, -0.2) is 43.9 Å². The van der Waals surface area contributed by atoms with Gasteiger partial charge in [0, 0.05) is 7.05 Å². The lowest BCUT2D eigenvalue weighted by Gasteiger charge is -2.06. The van der Waals surface area contributed by atoms with Gasteiger partial charge in [0.2, 0.25) is 5.95 Å². The third-order valence-electron chi connectivity index (χ3n) is 2.17. The first-order chi connectivity index (χ1) is 8.72. The van der Waals surface area contributed by atoms with Crippen molar-refractivity contribution in [2.45, 2.75) is 6.54 Å². The number of aromatic nitrogens is 6. The van der Waals surface area contributed by atoms with Gasteiger partial charge in [0.25, 0.3) is 0 Å². The van der Waals surface area contributed by atoms with Crippen molar-refractivity contribution in [1.82, 2.24) is 29.7 Å². The van der Waals surface area contributed by atoms with Gasteiger partial charge < -0.3 is 19.4 Å². The summed E-state index contributed by atoms with van der Waals surface area (Å²) in [6, 6.07) is 0.365. The number of rotatable bonds is 5. The highest BCUT2D eigenvalue weighted by molar-refractivity contribution is 5.27. The molecule has 2 aromatic heterocycles. The molecule has 0 aliphatic heterocycles. The van der Waals surface area contributed by atoms with Crippen LogP contribution in [0.3, 0.4) is 0 Å². The van der Waals surface area contributed by atoms with Crippen LogP contribution < -0.4 is 14.8 Å². The number of anilines is 1. The van der Waals surface area contributed by atoms with E-state index in [4.69, 9.17) is 9.47 Å². The van der Waals surface area contributed by atoms with Crippen molar-refractivity contribution < 1.29 is 9.47 Å². The second-order valence-corrected chi connectivity index (χ2v) is 3.34. The standard InChI is InChI=1S/C9H13N7O2/c1-16-5-11-15-6(16)4-10-7-12-8(17-2)14-9(13-7)18-3/h5H,4H2,1-3H3,(H,10,12,13,14). The van der Waals surface area contributed by atoms with Crippen LogP contribution >= 0.6 is 0 Å². The van der Waals surface area contributed by atoms with Gasteiger partial charge in [0.05, 0.1) is 20.8 Å². The first-order valence-electron chi connectivity index (χ1n) is 5.13. The van der Waals surface area contributed by atoms with Crippen molar-refractivity contribution in [3.05, 3.63) is 12.2 Å². The van der Waals surface area contributed by atoms with Crippen LogP contribution in [-0.2, 0) is 13.6 Å². The molecular formula is C9H13N7O2. The fourth-order valence-corrected chi connectivity index (χ4v) is 1.22. The summed E-state index contributed by atoms with van der Waals surface area (Å²) in [5.74, 6) is 1.11. The number of methoxy groups -OCH3 is 2. The van der Waals surface area contributed by atoms with Gasteiger partial charge in [-0.15, -0.1) is 15.2 Å². The highest BCUT2D eigenvalue weighted by Crippen LogP contribution is 2.12. The third-order valence-corrected chi connectivity index (χ3v) is 2.17. The summed E-state index contributed by atoms with van der Waals surface area (Å²) in [7, 11) is 4.80. The molecule has 0 saturated carbocycles. The molecule has 2 heterocycles. The van der Waals surface area contributed by atoms with E-state index in [0.29, 0.717) is 12.5 Å². The van der Waals surface area contributed by atoms with Crippen LogP contribution in [0.1, 0.15) is 5.82 Å². The first-order valence-corrected chi connectivity index (χ1v) is 5.13. The van der Waals surface area contributed by atoms with Gasteiger partial charge in [-0.25, -0.2) is 0 Å². The van der Waals surface area contributed by atoms with Crippen LogP contribution in [0.2, 0.25) is 0 Å². The largest absolute Gasteiger partial charge is 0.467 e. The molecule has 18 heavy (non-hydrogen) atoms. The predicted molar refractivity (Wildman–Crippen MR) is 61.3 cm³/mol. The summed E-state index contributed by atoms with van der Waals surface area (Å²) in [5.41, 5.74) is 0. The van der Waals surface area contributed by atoms with Gasteiger partial charge in [-0.1, -0.05) is 0 Å². The minimum atomic E-state index is 0.183. The Bertz CT molecular complexity index is 505. The lowest BCUT2D eigenvalue weighted by atomic mass is 10.6. The van der Waals surface area contributed by atoms with Gasteiger partial charge in [0.15, 0.2) is 5.82 Å². The van der Waals surface area contributed by atoms with E-state index in [1.54, 1.807) is 10.9 Å². The summed E-state index contributed by atoms with van der Waals surface area (Å²) in [4.78, 5) is 12.0. The fraction of sp³-hybridized carbons (Fsp3) is 0.444. The van der Waals surface area contributed by atoms with Gasteiger partial charge in [-0.2, -0.15) is 9.97 Å². The van der Waals surface area contributed by atoms with Crippen LogP contribution in [0, 0.1) is 0 Å². The van der Waals surface area contributed by atoms with Crippen molar-refractivity contribution in [2.24, 2.45) is 7.05 Å². The number of aryl methyl sites for hydroxylation is 1. The molecule has 0 unspecified atom stereocenters. The maximum absolute atomic E-state index is 4.94. The van der Waals surface area contributed by atoms with Crippen LogP contribution in [0.5, 0.6) is 12.0 Å². The van der Waals surface area contributed by atoms with Gasteiger partial charge in [0.1, 0.15) is 6.33 Å². The van der Waals surface area contributed by atoms with E-state index in [1.807, 2.05) is 7.05 Å². The smallest absolute Gasteiger partial charge is 0.324 e. The Morgan fingerprint density at radius 3 is 2.33 bits per heavy atom. The molecule has 0 spiro atoms. The molecule has 0 radical (unpaired) electrons. The second kappa shape index (κ2) is 5.25. The molecule has 9 heteroatoms. The topological polar surface area (TPSA) is 99.9 Å². The molecule has 0 saturated heterocycles. The van der Waals surface area contributed by atoms with Gasteiger partial charge >= 0.3 is 12.0 Å². The Kier molecular flexibility index (Phi) is 3.51. The molecule has 0 aromatic carbocycles. The molecule has 2 aromatic rings. The zero-order valence-electron chi connectivity index (χ0n) is 10.3. The Labute approximate surface area is 103 Å². The lowest BCUT2D eigenvalue weighted by molar-refractivity contribution is 0.341. The molecule has 9 nitrogen and oxygen atoms in total. The minimum Gasteiger partial charge on any atom is -0.467 e. The van der Waals surface area contributed by atoms with Gasteiger partial charge in [-0.3, -0.25) is 0 Å². The normalized spacial score (nSPS) is 10.2. The molecule has 96 valence electrons. The molecular weight excluding hydrogens is 238 g/mol. The summed E-state index contributed by atoms with van der Waals surface area (Å²) in [6.45, 7) is 0.437.